The van der Waals surface area contributed by atoms with Crippen molar-refractivity contribution in [3.05, 3.63) is 64.1 Å². The molecule has 1 N–H and O–H groups in total. The Labute approximate surface area is 161 Å². The molecular formula is C21H21BrN2O2. The van der Waals surface area contributed by atoms with Crippen LogP contribution < -0.4 is 5.32 Å². The number of ether oxygens (including phenoxy) is 1. The Morgan fingerprint density at radius 3 is 2.69 bits per heavy atom. The van der Waals surface area contributed by atoms with E-state index in [1.165, 1.54) is 0 Å². The van der Waals surface area contributed by atoms with Crippen molar-refractivity contribution in [1.29, 1.82) is 0 Å². The van der Waals surface area contributed by atoms with Crippen LogP contribution >= 0.6 is 15.9 Å². The number of carbonyl (C=O) groups excluding carboxylic acids is 1. The van der Waals surface area contributed by atoms with E-state index in [-0.39, 0.29) is 5.91 Å². The van der Waals surface area contributed by atoms with E-state index < -0.39 is 0 Å². The Hall–Kier alpha value is -2.24. The standard InChI is InChI=1S/C21H21BrN2O2/c1-14-11-16(22)12-17-18(21(25)23-9-6-10-26-2)13-19(24-20(14)17)15-7-4-3-5-8-15/h3-5,7-8,11-13H,6,9-10H2,1-2H3,(H,23,25). The molecule has 0 fully saturated rings. The van der Waals surface area contributed by atoms with Crippen LogP contribution in [-0.2, 0) is 4.74 Å². The van der Waals surface area contributed by atoms with Crippen molar-refractivity contribution >= 4 is 32.7 Å². The van der Waals surface area contributed by atoms with Crippen molar-refractivity contribution in [1.82, 2.24) is 10.3 Å². The van der Waals surface area contributed by atoms with E-state index in [9.17, 15) is 4.79 Å². The number of hydrogen-bond donors (Lipinski definition) is 1. The molecule has 0 saturated carbocycles. The molecule has 0 aliphatic carbocycles. The van der Waals surface area contributed by atoms with Gasteiger partial charge in [0.2, 0.25) is 0 Å². The maximum Gasteiger partial charge on any atom is 0.252 e. The summed E-state index contributed by atoms with van der Waals surface area (Å²) in [5.41, 5.74) is 4.29. The first-order valence-corrected chi connectivity index (χ1v) is 9.33. The van der Waals surface area contributed by atoms with E-state index in [0.717, 1.165) is 38.6 Å². The summed E-state index contributed by atoms with van der Waals surface area (Å²) < 4.78 is 5.98. The van der Waals surface area contributed by atoms with Gasteiger partial charge >= 0.3 is 0 Å². The Bertz CT molecular complexity index is 926. The molecule has 1 aromatic heterocycles. The van der Waals surface area contributed by atoms with Gasteiger partial charge in [-0.1, -0.05) is 46.3 Å². The summed E-state index contributed by atoms with van der Waals surface area (Å²) in [6.07, 6.45) is 0.777. The average Bonchev–Trinajstić information content (AvgIpc) is 2.65. The van der Waals surface area contributed by atoms with Crippen molar-refractivity contribution in [3.8, 4) is 11.3 Å². The number of hydrogen-bond acceptors (Lipinski definition) is 3. The first kappa shape index (κ1) is 18.5. The highest BCUT2D eigenvalue weighted by Crippen LogP contribution is 2.29. The minimum Gasteiger partial charge on any atom is -0.385 e. The van der Waals surface area contributed by atoms with E-state index in [1.807, 2.05) is 55.5 Å². The van der Waals surface area contributed by atoms with Crippen LogP contribution in [0.1, 0.15) is 22.3 Å². The van der Waals surface area contributed by atoms with Gasteiger partial charge in [-0.3, -0.25) is 4.79 Å². The predicted octanol–water partition coefficient (Wildman–Crippen LogP) is 4.74. The number of benzene rings is 2. The number of aromatic nitrogens is 1. The lowest BCUT2D eigenvalue weighted by atomic mass is 10.0. The SMILES string of the molecule is COCCCNC(=O)c1cc(-c2ccccc2)nc2c(C)cc(Br)cc12. The van der Waals surface area contributed by atoms with Crippen LogP contribution in [0.2, 0.25) is 0 Å². The number of nitrogens with zero attached hydrogens (tertiary/aromatic N) is 1. The molecule has 1 heterocycles. The van der Waals surface area contributed by atoms with Crippen molar-refractivity contribution in [2.24, 2.45) is 0 Å². The van der Waals surface area contributed by atoms with E-state index in [2.05, 4.69) is 21.2 Å². The number of halogens is 1. The van der Waals surface area contributed by atoms with Gasteiger partial charge in [0.05, 0.1) is 16.8 Å². The normalized spacial score (nSPS) is 10.9. The molecule has 134 valence electrons. The summed E-state index contributed by atoms with van der Waals surface area (Å²) in [6, 6.07) is 15.8. The van der Waals surface area contributed by atoms with E-state index in [4.69, 9.17) is 9.72 Å². The van der Waals surface area contributed by atoms with Crippen LogP contribution in [0.25, 0.3) is 22.2 Å². The van der Waals surface area contributed by atoms with Crippen molar-refractivity contribution in [2.45, 2.75) is 13.3 Å². The fraction of sp³-hybridized carbons (Fsp3) is 0.238. The predicted molar refractivity (Wildman–Crippen MR) is 108 cm³/mol. The summed E-state index contributed by atoms with van der Waals surface area (Å²) in [7, 11) is 1.66. The zero-order valence-electron chi connectivity index (χ0n) is 14.9. The number of carbonyl (C=O) groups is 1. The molecule has 0 aliphatic rings. The Balaban J connectivity index is 2.08. The summed E-state index contributed by atoms with van der Waals surface area (Å²) >= 11 is 3.53. The zero-order valence-corrected chi connectivity index (χ0v) is 16.5. The summed E-state index contributed by atoms with van der Waals surface area (Å²) in [5.74, 6) is -0.0943. The lowest BCUT2D eigenvalue weighted by Crippen LogP contribution is -2.25. The average molecular weight is 413 g/mol. The van der Waals surface area contributed by atoms with Gasteiger partial charge in [-0.25, -0.2) is 4.98 Å². The second-order valence-corrected chi connectivity index (χ2v) is 7.06. The fourth-order valence-electron chi connectivity index (χ4n) is 2.91. The number of fused-ring (bicyclic) bond motifs is 1. The molecule has 0 bridgehead atoms. The number of rotatable bonds is 6. The number of nitrogens with one attached hydrogen (secondary N) is 1. The Morgan fingerprint density at radius 1 is 1.19 bits per heavy atom. The minimum absolute atomic E-state index is 0.0943. The van der Waals surface area contributed by atoms with Gasteiger partial charge in [-0.2, -0.15) is 0 Å². The quantitative estimate of drug-likeness (QED) is 0.594. The Morgan fingerprint density at radius 2 is 1.96 bits per heavy atom. The van der Waals surface area contributed by atoms with Gasteiger partial charge < -0.3 is 10.1 Å². The first-order chi connectivity index (χ1) is 12.6. The van der Waals surface area contributed by atoms with Crippen molar-refractivity contribution in [2.75, 3.05) is 20.3 Å². The maximum atomic E-state index is 12.8. The van der Waals surface area contributed by atoms with Crippen LogP contribution in [-0.4, -0.2) is 31.2 Å². The number of methoxy groups -OCH3 is 1. The molecule has 5 heteroatoms. The van der Waals surface area contributed by atoms with E-state index in [0.29, 0.717) is 18.7 Å². The second kappa shape index (κ2) is 8.43. The van der Waals surface area contributed by atoms with Crippen LogP contribution in [0, 0.1) is 6.92 Å². The van der Waals surface area contributed by atoms with Gasteiger partial charge in [-0.05, 0) is 37.1 Å². The first-order valence-electron chi connectivity index (χ1n) is 8.53. The van der Waals surface area contributed by atoms with Gasteiger partial charge in [-0.15, -0.1) is 0 Å². The molecule has 0 atom stereocenters. The summed E-state index contributed by atoms with van der Waals surface area (Å²) in [5, 5.41) is 3.83. The molecule has 2 aromatic carbocycles. The smallest absolute Gasteiger partial charge is 0.252 e. The van der Waals surface area contributed by atoms with Gasteiger partial charge in [0.25, 0.3) is 5.91 Å². The number of pyridine rings is 1. The Kier molecular flexibility index (Phi) is 6.01. The molecule has 0 unspecified atom stereocenters. The molecule has 0 saturated heterocycles. The largest absolute Gasteiger partial charge is 0.385 e. The van der Waals surface area contributed by atoms with Crippen LogP contribution in [0.15, 0.2) is 53.0 Å². The lowest BCUT2D eigenvalue weighted by molar-refractivity contribution is 0.0950. The van der Waals surface area contributed by atoms with Crippen molar-refractivity contribution in [3.63, 3.8) is 0 Å². The van der Waals surface area contributed by atoms with Gasteiger partial charge in [0.1, 0.15) is 0 Å². The van der Waals surface area contributed by atoms with E-state index in [1.54, 1.807) is 7.11 Å². The van der Waals surface area contributed by atoms with Crippen LogP contribution in [0.4, 0.5) is 0 Å². The van der Waals surface area contributed by atoms with Gasteiger partial charge in [0, 0.05) is 35.7 Å². The van der Waals surface area contributed by atoms with Gasteiger partial charge in [0.15, 0.2) is 0 Å². The summed E-state index contributed by atoms with van der Waals surface area (Å²) in [6.45, 7) is 3.20. The fourth-order valence-corrected chi connectivity index (χ4v) is 3.49. The molecule has 26 heavy (non-hydrogen) atoms. The monoisotopic (exact) mass is 412 g/mol. The van der Waals surface area contributed by atoms with Crippen LogP contribution in [0.5, 0.6) is 0 Å². The highest BCUT2D eigenvalue weighted by atomic mass is 79.9. The number of aryl methyl sites for hydroxylation is 1. The molecule has 1 amide bonds. The molecule has 0 aliphatic heterocycles. The summed E-state index contributed by atoms with van der Waals surface area (Å²) in [4.78, 5) is 17.7. The molecule has 4 nitrogen and oxygen atoms in total. The molecule has 3 aromatic rings. The molecule has 0 radical (unpaired) electrons. The second-order valence-electron chi connectivity index (χ2n) is 6.14. The third kappa shape index (κ3) is 4.11. The topological polar surface area (TPSA) is 51.2 Å². The highest BCUT2D eigenvalue weighted by Gasteiger charge is 2.15. The third-order valence-electron chi connectivity index (χ3n) is 4.19. The minimum atomic E-state index is -0.0943. The lowest BCUT2D eigenvalue weighted by Gasteiger charge is -2.12. The number of amides is 1. The third-order valence-corrected chi connectivity index (χ3v) is 4.65. The van der Waals surface area contributed by atoms with E-state index >= 15 is 0 Å². The van der Waals surface area contributed by atoms with Crippen molar-refractivity contribution < 1.29 is 9.53 Å². The molecular weight excluding hydrogens is 392 g/mol. The molecule has 0 spiro atoms. The maximum absolute atomic E-state index is 12.8. The molecule has 3 rings (SSSR count). The highest BCUT2D eigenvalue weighted by molar-refractivity contribution is 9.10. The zero-order chi connectivity index (χ0) is 18.5. The van der Waals surface area contributed by atoms with Crippen LogP contribution in [0.3, 0.4) is 0 Å².